The van der Waals surface area contributed by atoms with Crippen LogP contribution in [0.4, 0.5) is 5.69 Å². The molecular formula is C13H18Cl2N2O2S. The standard InChI is InChI=1S/C13H17ClN2O2S.ClH/c1-18-12-3-2-9(6-11(12)14)16-13(17)7-10-8-19-5-4-15-10;/h2-3,6,10,15H,4-5,7-8H2,1H3,(H,16,17);1H. The molecule has 4 nitrogen and oxygen atoms in total. The lowest BCUT2D eigenvalue weighted by Gasteiger charge is -2.22. The second-order valence-corrected chi connectivity index (χ2v) is 5.88. The van der Waals surface area contributed by atoms with Crippen molar-refractivity contribution in [1.29, 1.82) is 0 Å². The van der Waals surface area contributed by atoms with Crippen LogP contribution in [0.2, 0.25) is 5.02 Å². The maximum Gasteiger partial charge on any atom is 0.225 e. The number of carbonyl (C=O) groups excluding carboxylic acids is 1. The van der Waals surface area contributed by atoms with E-state index in [1.54, 1.807) is 25.3 Å². The Morgan fingerprint density at radius 2 is 2.40 bits per heavy atom. The number of methoxy groups -OCH3 is 1. The fourth-order valence-corrected chi connectivity index (χ4v) is 3.14. The molecule has 1 aliphatic heterocycles. The van der Waals surface area contributed by atoms with Crippen molar-refractivity contribution in [3.63, 3.8) is 0 Å². The summed E-state index contributed by atoms with van der Waals surface area (Å²) >= 11 is 7.89. The van der Waals surface area contributed by atoms with Gasteiger partial charge >= 0.3 is 0 Å². The Morgan fingerprint density at radius 1 is 1.60 bits per heavy atom. The highest BCUT2D eigenvalue weighted by Gasteiger charge is 2.16. The summed E-state index contributed by atoms with van der Waals surface area (Å²) in [6, 6.07) is 5.48. The molecule has 0 bridgehead atoms. The molecule has 1 unspecified atom stereocenters. The summed E-state index contributed by atoms with van der Waals surface area (Å²) in [5.41, 5.74) is 0.694. The molecule has 1 atom stereocenters. The minimum absolute atomic E-state index is 0. The number of rotatable bonds is 4. The van der Waals surface area contributed by atoms with Crippen LogP contribution in [0.1, 0.15) is 6.42 Å². The first-order valence-electron chi connectivity index (χ1n) is 6.13. The van der Waals surface area contributed by atoms with E-state index in [2.05, 4.69) is 10.6 Å². The Morgan fingerprint density at radius 3 is 3.00 bits per heavy atom. The summed E-state index contributed by atoms with van der Waals surface area (Å²) in [5.74, 6) is 2.70. The van der Waals surface area contributed by atoms with Crippen LogP contribution in [0.15, 0.2) is 18.2 Å². The lowest BCUT2D eigenvalue weighted by molar-refractivity contribution is -0.116. The van der Waals surface area contributed by atoms with Gasteiger partial charge in [0.2, 0.25) is 5.91 Å². The first-order chi connectivity index (χ1) is 9.19. The lowest BCUT2D eigenvalue weighted by atomic mass is 10.2. The van der Waals surface area contributed by atoms with Crippen LogP contribution < -0.4 is 15.4 Å². The molecular weight excluding hydrogens is 319 g/mol. The third-order valence-corrected chi connectivity index (χ3v) is 4.29. The molecule has 20 heavy (non-hydrogen) atoms. The van der Waals surface area contributed by atoms with E-state index in [-0.39, 0.29) is 24.4 Å². The number of anilines is 1. The molecule has 0 saturated carbocycles. The van der Waals surface area contributed by atoms with E-state index in [9.17, 15) is 4.79 Å². The van der Waals surface area contributed by atoms with Crippen LogP contribution in [0, 0.1) is 0 Å². The highest BCUT2D eigenvalue weighted by molar-refractivity contribution is 7.99. The molecule has 1 aromatic rings. The van der Waals surface area contributed by atoms with Gasteiger partial charge in [0, 0.05) is 36.2 Å². The van der Waals surface area contributed by atoms with Gasteiger partial charge in [0.05, 0.1) is 12.1 Å². The molecule has 1 amide bonds. The molecule has 0 spiro atoms. The molecule has 1 heterocycles. The average Bonchev–Trinajstić information content (AvgIpc) is 2.40. The molecule has 1 aliphatic rings. The summed E-state index contributed by atoms with van der Waals surface area (Å²) in [4.78, 5) is 11.9. The van der Waals surface area contributed by atoms with E-state index in [1.165, 1.54) is 0 Å². The van der Waals surface area contributed by atoms with E-state index < -0.39 is 0 Å². The summed E-state index contributed by atoms with van der Waals surface area (Å²) in [7, 11) is 1.56. The van der Waals surface area contributed by atoms with Crippen molar-refractivity contribution in [2.45, 2.75) is 12.5 Å². The number of nitrogens with one attached hydrogen (secondary N) is 2. The average molecular weight is 337 g/mol. The van der Waals surface area contributed by atoms with Crippen molar-refractivity contribution in [2.24, 2.45) is 0 Å². The smallest absolute Gasteiger partial charge is 0.225 e. The highest BCUT2D eigenvalue weighted by Crippen LogP contribution is 2.27. The monoisotopic (exact) mass is 336 g/mol. The lowest BCUT2D eigenvalue weighted by Crippen LogP contribution is -2.39. The normalized spacial score (nSPS) is 18.0. The van der Waals surface area contributed by atoms with Crippen molar-refractivity contribution in [2.75, 3.05) is 30.5 Å². The minimum Gasteiger partial charge on any atom is -0.495 e. The van der Waals surface area contributed by atoms with E-state index in [1.807, 2.05) is 11.8 Å². The molecule has 0 radical (unpaired) electrons. The first-order valence-corrected chi connectivity index (χ1v) is 7.67. The van der Waals surface area contributed by atoms with Gasteiger partial charge in [-0.05, 0) is 18.2 Å². The molecule has 0 aromatic heterocycles. The Kier molecular flexibility index (Phi) is 7.51. The predicted octanol–water partition coefficient (Wildman–Crippen LogP) is 2.80. The van der Waals surface area contributed by atoms with Crippen LogP contribution in [0.3, 0.4) is 0 Å². The van der Waals surface area contributed by atoms with Crippen molar-refractivity contribution in [3.05, 3.63) is 23.2 Å². The number of hydrogen-bond donors (Lipinski definition) is 2. The highest BCUT2D eigenvalue weighted by atomic mass is 35.5. The van der Waals surface area contributed by atoms with Crippen molar-refractivity contribution in [3.8, 4) is 5.75 Å². The van der Waals surface area contributed by atoms with Gasteiger partial charge in [0.25, 0.3) is 0 Å². The fraction of sp³-hybridized carbons (Fsp3) is 0.462. The van der Waals surface area contributed by atoms with Crippen LogP contribution >= 0.6 is 35.8 Å². The SMILES string of the molecule is COc1ccc(NC(=O)CC2CSCCN2)cc1Cl.Cl. The minimum atomic E-state index is 0. The number of ether oxygens (including phenoxy) is 1. The van der Waals surface area contributed by atoms with E-state index in [4.69, 9.17) is 16.3 Å². The molecule has 1 saturated heterocycles. The van der Waals surface area contributed by atoms with Crippen LogP contribution in [0.25, 0.3) is 0 Å². The number of halogens is 2. The zero-order chi connectivity index (χ0) is 13.7. The topological polar surface area (TPSA) is 50.4 Å². The number of amides is 1. The maximum atomic E-state index is 11.9. The summed E-state index contributed by atoms with van der Waals surface area (Å²) in [6.07, 6.45) is 0.483. The summed E-state index contributed by atoms with van der Waals surface area (Å²) in [6.45, 7) is 0.969. The number of thioether (sulfide) groups is 1. The molecule has 0 aliphatic carbocycles. The van der Waals surface area contributed by atoms with E-state index in [0.717, 1.165) is 18.1 Å². The molecule has 112 valence electrons. The maximum absolute atomic E-state index is 11.9. The Hall–Kier alpha value is -0.620. The van der Waals surface area contributed by atoms with E-state index in [0.29, 0.717) is 22.9 Å². The van der Waals surface area contributed by atoms with Gasteiger partial charge < -0.3 is 15.4 Å². The summed E-state index contributed by atoms with van der Waals surface area (Å²) in [5, 5.41) is 6.68. The van der Waals surface area contributed by atoms with Crippen molar-refractivity contribution >= 4 is 47.4 Å². The van der Waals surface area contributed by atoms with Gasteiger partial charge in [-0.2, -0.15) is 11.8 Å². The molecule has 2 rings (SSSR count). The molecule has 7 heteroatoms. The van der Waals surface area contributed by atoms with Crippen LogP contribution in [0.5, 0.6) is 5.75 Å². The fourth-order valence-electron chi connectivity index (χ4n) is 1.93. The Balaban J connectivity index is 0.00000200. The Labute approximate surface area is 134 Å². The third-order valence-electron chi connectivity index (χ3n) is 2.87. The molecule has 1 fully saturated rings. The number of benzene rings is 1. The largest absolute Gasteiger partial charge is 0.495 e. The van der Waals surface area contributed by atoms with Gasteiger partial charge in [0.15, 0.2) is 0 Å². The van der Waals surface area contributed by atoms with Crippen molar-refractivity contribution < 1.29 is 9.53 Å². The quantitative estimate of drug-likeness (QED) is 0.887. The molecule has 2 N–H and O–H groups in total. The third kappa shape index (κ3) is 5.05. The zero-order valence-corrected chi connectivity index (χ0v) is 13.5. The second kappa shape index (κ2) is 8.62. The first kappa shape index (κ1) is 17.4. The molecule has 1 aromatic carbocycles. The van der Waals surface area contributed by atoms with Crippen LogP contribution in [-0.4, -0.2) is 37.1 Å². The number of hydrogen-bond acceptors (Lipinski definition) is 4. The zero-order valence-electron chi connectivity index (χ0n) is 11.1. The predicted molar refractivity (Wildman–Crippen MR) is 87.6 cm³/mol. The van der Waals surface area contributed by atoms with Gasteiger partial charge in [0.1, 0.15) is 5.75 Å². The van der Waals surface area contributed by atoms with Gasteiger partial charge in [-0.3, -0.25) is 4.79 Å². The van der Waals surface area contributed by atoms with Crippen molar-refractivity contribution in [1.82, 2.24) is 5.32 Å². The van der Waals surface area contributed by atoms with E-state index >= 15 is 0 Å². The summed E-state index contributed by atoms with van der Waals surface area (Å²) < 4.78 is 5.07. The van der Waals surface area contributed by atoms with Crippen LogP contribution in [-0.2, 0) is 4.79 Å². The van der Waals surface area contributed by atoms with Gasteiger partial charge in [-0.1, -0.05) is 11.6 Å². The number of carbonyl (C=O) groups is 1. The van der Waals surface area contributed by atoms with Gasteiger partial charge in [-0.25, -0.2) is 0 Å². The second-order valence-electron chi connectivity index (χ2n) is 4.33. The Bertz CT molecular complexity index is 454. The van der Waals surface area contributed by atoms with Gasteiger partial charge in [-0.15, -0.1) is 12.4 Å².